The van der Waals surface area contributed by atoms with Gasteiger partial charge in [-0.15, -0.1) is 0 Å². The second kappa shape index (κ2) is 10.5. The third-order valence-corrected chi connectivity index (χ3v) is 5.02. The standard InChI is InChI=1S/C28H25ClN2O3/c1-18-13-22(9-8-20-7-6-12-30-16-20)17-31-26(18)19(2)27(33)23-14-21(10-11-24(23)29)15-25(32)34-28(3,4)5/h6-7,10-14,16-17H,2,15H2,1,3-5H3. The van der Waals surface area contributed by atoms with Gasteiger partial charge >= 0.3 is 5.97 Å². The summed E-state index contributed by atoms with van der Waals surface area (Å²) in [6.07, 6.45) is 5.00. The van der Waals surface area contributed by atoms with E-state index < -0.39 is 5.60 Å². The van der Waals surface area contributed by atoms with Crippen LogP contribution in [-0.2, 0) is 16.0 Å². The van der Waals surface area contributed by atoms with Gasteiger partial charge in [0.25, 0.3) is 0 Å². The fraction of sp³-hybridized carbons (Fsp3) is 0.214. The zero-order chi connectivity index (χ0) is 24.9. The molecule has 0 aliphatic rings. The molecule has 0 atom stereocenters. The van der Waals surface area contributed by atoms with E-state index in [4.69, 9.17) is 16.3 Å². The number of ether oxygens (including phenoxy) is 1. The van der Waals surface area contributed by atoms with E-state index in [0.717, 1.165) is 11.1 Å². The minimum absolute atomic E-state index is 0.0305. The zero-order valence-electron chi connectivity index (χ0n) is 19.6. The summed E-state index contributed by atoms with van der Waals surface area (Å²) in [7, 11) is 0. The van der Waals surface area contributed by atoms with Crippen LogP contribution in [0.15, 0.2) is 61.6 Å². The molecule has 5 nitrogen and oxygen atoms in total. The van der Waals surface area contributed by atoms with E-state index in [1.54, 1.807) is 57.6 Å². The molecule has 0 spiro atoms. The van der Waals surface area contributed by atoms with Crippen molar-refractivity contribution < 1.29 is 14.3 Å². The van der Waals surface area contributed by atoms with Gasteiger partial charge in [0, 0.05) is 40.9 Å². The summed E-state index contributed by atoms with van der Waals surface area (Å²) in [6.45, 7) is 11.2. The predicted octanol–water partition coefficient (Wildman–Crippen LogP) is 5.62. The largest absolute Gasteiger partial charge is 0.460 e. The number of aryl methyl sites for hydroxylation is 1. The van der Waals surface area contributed by atoms with Crippen molar-refractivity contribution in [3.05, 3.63) is 100 Å². The molecule has 0 unspecified atom stereocenters. The van der Waals surface area contributed by atoms with Crippen molar-refractivity contribution >= 4 is 28.9 Å². The summed E-state index contributed by atoms with van der Waals surface area (Å²) < 4.78 is 5.37. The number of esters is 1. The fourth-order valence-corrected chi connectivity index (χ4v) is 3.41. The van der Waals surface area contributed by atoms with Gasteiger partial charge in [0.15, 0.2) is 5.78 Å². The molecule has 6 heteroatoms. The van der Waals surface area contributed by atoms with Crippen LogP contribution < -0.4 is 0 Å². The van der Waals surface area contributed by atoms with Gasteiger partial charge in [-0.05, 0) is 69.2 Å². The van der Waals surface area contributed by atoms with Crippen molar-refractivity contribution in [2.75, 3.05) is 0 Å². The lowest BCUT2D eigenvalue weighted by Gasteiger charge is -2.19. The topological polar surface area (TPSA) is 69.2 Å². The van der Waals surface area contributed by atoms with Crippen molar-refractivity contribution in [1.82, 2.24) is 9.97 Å². The van der Waals surface area contributed by atoms with Crippen LogP contribution in [0.4, 0.5) is 0 Å². The highest BCUT2D eigenvalue weighted by molar-refractivity contribution is 6.38. The Kier molecular flexibility index (Phi) is 7.65. The molecular formula is C28H25ClN2O3. The predicted molar refractivity (Wildman–Crippen MR) is 134 cm³/mol. The van der Waals surface area contributed by atoms with E-state index in [-0.39, 0.29) is 34.3 Å². The van der Waals surface area contributed by atoms with Crippen LogP contribution in [-0.4, -0.2) is 27.3 Å². The molecule has 172 valence electrons. The quantitative estimate of drug-likeness (QED) is 0.209. The zero-order valence-corrected chi connectivity index (χ0v) is 20.4. The SMILES string of the molecule is C=C(C(=O)c1cc(CC(=O)OC(C)(C)C)ccc1Cl)c1ncc(C#Cc2cccnc2)cc1C. The first-order chi connectivity index (χ1) is 16.0. The Bertz CT molecular complexity index is 1310. The number of carbonyl (C=O) groups excluding carboxylic acids is 2. The normalized spacial score (nSPS) is 10.7. The molecule has 2 aromatic heterocycles. The Labute approximate surface area is 204 Å². The van der Waals surface area contributed by atoms with Crippen LogP contribution >= 0.6 is 11.6 Å². The number of allylic oxidation sites excluding steroid dienone is 1. The Hall–Kier alpha value is -3.75. The second-order valence-corrected chi connectivity index (χ2v) is 9.17. The lowest BCUT2D eigenvalue weighted by atomic mass is 9.96. The Morgan fingerprint density at radius 2 is 1.82 bits per heavy atom. The average molecular weight is 473 g/mol. The summed E-state index contributed by atoms with van der Waals surface area (Å²) in [5.74, 6) is 5.34. The van der Waals surface area contributed by atoms with Crippen LogP contribution in [0.3, 0.4) is 0 Å². The van der Waals surface area contributed by atoms with Crippen molar-refractivity contribution in [3.8, 4) is 11.8 Å². The lowest BCUT2D eigenvalue weighted by Crippen LogP contribution is -2.25. The maximum Gasteiger partial charge on any atom is 0.310 e. The summed E-state index contributed by atoms with van der Waals surface area (Å²) in [5, 5.41) is 0.274. The van der Waals surface area contributed by atoms with Crippen molar-refractivity contribution in [3.63, 3.8) is 0 Å². The molecule has 0 aliphatic heterocycles. The van der Waals surface area contributed by atoms with E-state index in [9.17, 15) is 9.59 Å². The number of nitrogens with zero attached hydrogens (tertiary/aromatic N) is 2. The first-order valence-electron chi connectivity index (χ1n) is 10.7. The van der Waals surface area contributed by atoms with Gasteiger partial charge in [-0.25, -0.2) is 0 Å². The van der Waals surface area contributed by atoms with E-state index >= 15 is 0 Å². The Balaban J connectivity index is 1.80. The van der Waals surface area contributed by atoms with Crippen molar-refractivity contribution in [2.24, 2.45) is 0 Å². The number of aromatic nitrogens is 2. The molecule has 0 bridgehead atoms. The molecule has 0 amide bonds. The van der Waals surface area contributed by atoms with Gasteiger partial charge in [0.2, 0.25) is 0 Å². The number of halogens is 1. The van der Waals surface area contributed by atoms with Crippen LogP contribution in [0.2, 0.25) is 5.02 Å². The van der Waals surface area contributed by atoms with Gasteiger partial charge < -0.3 is 4.74 Å². The highest BCUT2D eigenvalue weighted by Gasteiger charge is 2.21. The molecule has 0 saturated carbocycles. The molecule has 0 aliphatic carbocycles. The highest BCUT2D eigenvalue weighted by atomic mass is 35.5. The maximum atomic E-state index is 13.2. The number of benzene rings is 1. The maximum absolute atomic E-state index is 13.2. The molecule has 0 radical (unpaired) electrons. The highest BCUT2D eigenvalue weighted by Crippen LogP contribution is 2.26. The lowest BCUT2D eigenvalue weighted by molar-refractivity contribution is -0.153. The third kappa shape index (κ3) is 6.63. The molecular weight excluding hydrogens is 448 g/mol. The van der Waals surface area contributed by atoms with Crippen LogP contribution in [0, 0.1) is 18.8 Å². The average Bonchev–Trinajstić information content (AvgIpc) is 2.77. The summed E-state index contributed by atoms with van der Waals surface area (Å²) in [6, 6.07) is 10.4. The molecule has 2 heterocycles. The van der Waals surface area contributed by atoms with Gasteiger partial charge in [-0.2, -0.15) is 0 Å². The van der Waals surface area contributed by atoms with E-state index in [2.05, 4.69) is 28.4 Å². The van der Waals surface area contributed by atoms with Crippen LogP contribution in [0.1, 0.15) is 59.1 Å². The smallest absolute Gasteiger partial charge is 0.310 e. The molecule has 3 aromatic rings. The first kappa shape index (κ1) is 24.9. The summed E-state index contributed by atoms with van der Waals surface area (Å²) in [5.41, 5.74) is 3.24. The summed E-state index contributed by atoms with van der Waals surface area (Å²) >= 11 is 6.31. The van der Waals surface area contributed by atoms with Gasteiger partial charge in [-0.1, -0.05) is 36.1 Å². The monoisotopic (exact) mass is 472 g/mol. The number of Topliss-reactive ketones (excluding diaryl/α,β-unsaturated/α-hetero) is 1. The number of pyridine rings is 2. The van der Waals surface area contributed by atoms with E-state index in [1.807, 2.05) is 25.1 Å². The molecule has 34 heavy (non-hydrogen) atoms. The van der Waals surface area contributed by atoms with E-state index in [1.165, 1.54) is 0 Å². The van der Waals surface area contributed by atoms with Crippen molar-refractivity contribution in [1.29, 1.82) is 0 Å². The molecule has 1 aromatic carbocycles. The minimum Gasteiger partial charge on any atom is -0.460 e. The number of hydrogen-bond donors (Lipinski definition) is 0. The second-order valence-electron chi connectivity index (χ2n) is 8.77. The number of rotatable bonds is 5. The number of hydrogen-bond acceptors (Lipinski definition) is 5. The molecule has 0 N–H and O–H groups in total. The van der Waals surface area contributed by atoms with Crippen LogP contribution in [0.25, 0.3) is 5.57 Å². The Morgan fingerprint density at radius 3 is 2.47 bits per heavy atom. The van der Waals surface area contributed by atoms with Gasteiger partial charge in [-0.3, -0.25) is 19.6 Å². The van der Waals surface area contributed by atoms with Crippen molar-refractivity contribution in [2.45, 2.75) is 39.7 Å². The van der Waals surface area contributed by atoms with Gasteiger partial charge in [0.1, 0.15) is 5.60 Å². The molecule has 0 fully saturated rings. The minimum atomic E-state index is -0.589. The van der Waals surface area contributed by atoms with Gasteiger partial charge in [0.05, 0.1) is 17.1 Å². The van der Waals surface area contributed by atoms with E-state index in [0.29, 0.717) is 16.8 Å². The molecule has 3 rings (SSSR count). The Morgan fingerprint density at radius 1 is 1.09 bits per heavy atom. The molecule has 0 saturated heterocycles. The number of ketones is 1. The summed E-state index contributed by atoms with van der Waals surface area (Å²) in [4.78, 5) is 33.9. The van der Waals surface area contributed by atoms with Crippen LogP contribution in [0.5, 0.6) is 0 Å². The fourth-order valence-electron chi connectivity index (χ4n) is 3.21. The third-order valence-electron chi connectivity index (χ3n) is 4.69. The first-order valence-corrected chi connectivity index (χ1v) is 11.0. The number of carbonyl (C=O) groups is 2.